The third kappa shape index (κ3) is 15.4. The molecule has 50 heavy (non-hydrogen) atoms. The summed E-state index contributed by atoms with van der Waals surface area (Å²) in [5.74, 6) is 0. The Morgan fingerprint density at radius 3 is 1.16 bits per heavy atom. The van der Waals surface area contributed by atoms with Crippen molar-refractivity contribution < 1.29 is 0 Å². The van der Waals surface area contributed by atoms with Gasteiger partial charge in [0.1, 0.15) is 0 Å². The van der Waals surface area contributed by atoms with E-state index in [1.165, 1.54) is 56.2 Å². The highest BCUT2D eigenvalue weighted by molar-refractivity contribution is 14.1. The van der Waals surface area contributed by atoms with E-state index in [4.69, 9.17) is 0 Å². The molecular weight excluding hydrogens is 853 g/mol. The molecule has 0 aromatic heterocycles. The summed E-state index contributed by atoms with van der Waals surface area (Å²) in [5.41, 5.74) is 11.4. The van der Waals surface area contributed by atoms with Crippen LogP contribution < -0.4 is 4.90 Å². The van der Waals surface area contributed by atoms with Gasteiger partial charge in [0, 0.05) is 29.6 Å². The largest absolute Gasteiger partial charge is 0.310 e. The molecule has 6 aromatic rings. The van der Waals surface area contributed by atoms with Gasteiger partial charge in [-0.2, -0.15) is 0 Å². The second-order valence-electron chi connectivity index (χ2n) is 12.4. The Bertz CT molecular complexity index is 1710. The summed E-state index contributed by atoms with van der Waals surface area (Å²) >= 11 is 9.20. The molecule has 0 aliphatic heterocycles. The van der Waals surface area contributed by atoms with Crippen molar-refractivity contribution >= 4 is 71.5 Å². The predicted molar refractivity (Wildman–Crippen MR) is 236 cm³/mol. The zero-order valence-corrected chi connectivity index (χ0v) is 35.6. The lowest BCUT2D eigenvalue weighted by Crippen LogP contribution is -2.09. The van der Waals surface area contributed by atoms with E-state index in [0.29, 0.717) is 0 Å². The van der Waals surface area contributed by atoms with Crippen molar-refractivity contribution in [2.45, 2.75) is 67.2 Å². The SMILES string of the molecule is Brc1cccc(I)c1.CCCCC.Cc1ccc(Cc2ccc(C)cc2)cc1.Cc1ccc(N(c2ccc(C)cc2)c2cccc(Br)c2)cc1. The molecular formula is C46H50Br2IN. The molecule has 0 aliphatic carbocycles. The number of hydrogen-bond acceptors (Lipinski definition) is 1. The monoisotopic (exact) mass is 901 g/mol. The smallest absolute Gasteiger partial charge is 0.0472 e. The van der Waals surface area contributed by atoms with E-state index in [0.717, 1.165) is 32.4 Å². The normalized spacial score (nSPS) is 10.0. The van der Waals surface area contributed by atoms with Crippen LogP contribution in [0.5, 0.6) is 0 Å². The number of unbranched alkanes of at least 4 members (excludes halogenated alkanes) is 2. The van der Waals surface area contributed by atoms with Gasteiger partial charge < -0.3 is 4.90 Å². The first-order valence-corrected chi connectivity index (χ1v) is 20.0. The van der Waals surface area contributed by atoms with Crippen molar-refractivity contribution in [1.82, 2.24) is 0 Å². The first-order chi connectivity index (χ1) is 24.1. The van der Waals surface area contributed by atoms with Crippen LogP contribution in [0.15, 0.2) is 155 Å². The van der Waals surface area contributed by atoms with Gasteiger partial charge in [0.2, 0.25) is 0 Å². The van der Waals surface area contributed by atoms with Crippen molar-refractivity contribution in [2.24, 2.45) is 0 Å². The lowest BCUT2D eigenvalue weighted by Gasteiger charge is -2.25. The molecule has 0 N–H and O–H groups in total. The fourth-order valence-corrected chi connectivity index (χ4v) is 6.67. The number of aryl methyl sites for hydroxylation is 4. The summed E-state index contributed by atoms with van der Waals surface area (Å²) in [4.78, 5) is 2.27. The van der Waals surface area contributed by atoms with Crippen LogP contribution in [0.4, 0.5) is 17.1 Å². The van der Waals surface area contributed by atoms with E-state index in [-0.39, 0.29) is 0 Å². The summed E-state index contributed by atoms with van der Waals surface area (Å²) in [6.07, 6.45) is 5.10. The predicted octanol–water partition coefficient (Wildman–Crippen LogP) is 15.7. The Morgan fingerprint density at radius 1 is 0.460 bits per heavy atom. The molecule has 0 atom stereocenters. The van der Waals surface area contributed by atoms with E-state index in [2.05, 4.69) is 228 Å². The third-order valence-electron chi connectivity index (χ3n) is 7.79. The number of anilines is 3. The summed E-state index contributed by atoms with van der Waals surface area (Å²) in [5, 5.41) is 0. The highest BCUT2D eigenvalue weighted by Gasteiger charge is 2.12. The van der Waals surface area contributed by atoms with Gasteiger partial charge in [-0.15, -0.1) is 0 Å². The van der Waals surface area contributed by atoms with E-state index < -0.39 is 0 Å². The quantitative estimate of drug-likeness (QED) is 0.144. The lowest BCUT2D eigenvalue weighted by atomic mass is 10.0. The average molecular weight is 904 g/mol. The van der Waals surface area contributed by atoms with Crippen LogP contribution in [-0.2, 0) is 6.42 Å². The molecule has 0 amide bonds. The molecule has 0 saturated carbocycles. The molecule has 0 heterocycles. The maximum atomic E-state index is 3.57. The second-order valence-corrected chi connectivity index (χ2v) is 15.5. The number of rotatable bonds is 7. The fourth-order valence-electron chi connectivity index (χ4n) is 4.91. The van der Waals surface area contributed by atoms with Gasteiger partial charge >= 0.3 is 0 Å². The average Bonchev–Trinajstić information content (AvgIpc) is 3.10. The van der Waals surface area contributed by atoms with Crippen LogP contribution in [0.2, 0.25) is 0 Å². The summed E-state index contributed by atoms with van der Waals surface area (Å²) in [7, 11) is 0. The molecule has 0 fully saturated rings. The maximum Gasteiger partial charge on any atom is 0.0472 e. The van der Waals surface area contributed by atoms with Crippen molar-refractivity contribution in [3.63, 3.8) is 0 Å². The van der Waals surface area contributed by atoms with Gasteiger partial charge in [-0.25, -0.2) is 0 Å². The molecule has 1 nitrogen and oxygen atoms in total. The van der Waals surface area contributed by atoms with Crippen LogP contribution in [0.25, 0.3) is 0 Å². The topological polar surface area (TPSA) is 3.24 Å². The molecule has 0 spiro atoms. The molecule has 0 bridgehead atoms. The van der Waals surface area contributed by atoms with Crippen LogP contribution in [0, 0.1) is 31.3 Å². The van der Waals surface area contributed by atoms with Crippen molar-refractivity contribution in [2.75, 3.05) is 4.90 Å². The van der Waals surface area contributed by atoms with Gasteiger partial charge in [0.25, 0.3) is 0 Å². The molecule has 0 saturated heterocycles. The molecule has 0 aliphatic rings. The van der Waals surface area contributed by atoms with Crippen molar-refractivity contribution in [3.8, 4) is 0 Å². The van der Waals surface area contributed by atoms with Gasteiger partial charge in [-0.3, -0.25) is 0 Å². The van der Waals surface area contributed by atoms with Crippen molar-refractivity contribution in [3.05, 3.63) is 191 Å². The maximum absolute atomic E-state index is 3.57. The third-order valence-corrected chi connectivity index (χ3v) is 9.45. The summed E-state index contributed by atoms with van der Waals surface area (Å²) in [6, 6.07) is 51.3. The molecule has 0 radical (unpaired) electrons. The number of nitrogens with zero attached hydrogens (tertiary/aromatic N) is 1. The minimum absolute atomic E-state index is 1.03. The molecule has 4 heteroatoms. The number of benzene rings is 6. The number of halogens is 3. The highest BCUT2D eigenvalue weighted by Crippen LogP contribution is 2.35. The Labute approximate surface area is 332 Å². The fraction of sp³-hybridized carbons (Fsp3) is 0.217. The molecule has 0 unspecified atom stereocenters. The lowest BCUT2D eigenvalue weighted by molar-refractivity contribution is 0.772. The second kappa shape index (κ2) is 22.6. The highest BCUT2D eigenvalue weighted by atomic mass is 127. The van der Waals surface area contributed by atoms with E-state index in [9.17, 15) is 0 Å². The Balaban J connectivity index is 0.000000207. The van der Waals surface area contributed by atoms with Gasteiger partial charge in [-0.1, -0.05) is 172 Å². The Hall–Kier alpha value is -3.19. The first-order valence-electron chi connectivity index (χ1n) is 17.3. The van der Waals surface area contributed by atoms with Crippen molar-refractivity contribution in [1.29, 1.82) is 0 Å². The first kappa shape index (κ1) is 41.2. The van der Waals surface area contributed by atoms with E-state index >= 15 is 0 Å². The molecule has 6 rings (SSSR count). The van der Waals surface area contributed by atoms with Gasteiger partial charge in [0.15, 0.2) is 0 Å². The minimum atomic E-state index is 1.03. The van der Waals surface area contributed by atoms with Crippen LogP contribution in [0.3, 0.4) is 0 Å². The zero-order valence-electron chi connectivity index (χ0n) is 30.3. The Morgan fingerprint density at radius 2 is 0.840 bits per heavy atom. The zero-order chi connectivity index (χ0) is 36.3. The summed E-state index contributed by atoms with van der Waals surface area (Å²) < 4.78 is 3.48. The summed E-state index contributed by atoms with van der Waals surface area (Å²) in [6.45, 7) is 12.9. The molecule has 6 aromatic carbocycles. The van der Waals surface area contributed by atoms with Gasteiger partial charge in [-0.05, 0) is 128 Å². The van der Waals surface area contributed by atoms with E-state index in [1.54, 1.807) is 0 Å². The number of hydrogen-bond donors (Lipinski definition) is 0. The van der Waals surface area contributed by atoms with Crippen LogP contribution >= 0.6 is 54.5 Å². The minimum Gasteiger partial charge on any atom is -0.310 e. The van der Waals surface area contributed by atoms with Crippen LogP contribution in [0.1, 0.15) is 66.5 Å². The Kier molecular flexibility index (Phi) is 18.6. The van der Waals surface area contributed by atoms with E-state index in [1.807, 2.05) is 18.2 Å². The standard InChI is InChI=1S/C20H18BrN.C15H16.C6H4BrI.C5H12/c1-15-6-10-18(11-7-15)22(19-12-8-16(2)9-13-19)20-5-3-4-17(21)14-20;1-12-3-7-14(8-4-12)11-15-9-5-13(2)6-10-15;7-5-2-1-3-6(8)4-5;1-3-5-4-2/h3-14H,1-2H3;3-10H,11H2,1-2H3;1-4H;3-5H2,1-2H3. The van der Waals surface area contributed by atoms with Crippen LogP contribution in [-0.4, -0.2) is 0 Å². The van der Waals surface area contributed by atoms with Gasteiger partial charge in [0.05, 0.1) is 0 Å². The molecule has 260 valence electrons.